The van der Waals surface area contributed by atoms with Gasteiger partial charge in [-0.2, -0.15) is 26.3 Å². The number of benzene rings is 2. The van der Waals surface area contributed by atoms with Gasteiger partial charge in [0.05, 0.1) is 0 Å². The Kier molecular flexibility index (Phi) is 6.03. The molecule has 0 bridgehead atoms. The molecule has 1 saturated heterocycles. The van der Waals surface area contributed by atoms with Crippen LogP contribution in [-0.4, -0.2) is 57.9 Å². The summed E-state index contributed by atoms with van der Waals surface area (Å²) in [5.41, 5.74) is -3.40. The van der Waals surface area contributed by atoms with Crippen LogP contribution in [0.5, 0.6) is 0 Å². The molecule has 0 spiro atoms. The molecule has 39 heavy (non-hydrogen) atoms. The molecule has 204 valence electrons. The minimum atomic E-state index is -6.15. The lowest BCUT2D eigenvalue weighted by atomic mass is 9.78. The van der Waals surface area contributed by atoms with Crippen molar-refractivity contribution in [2.45, 2.75) is 31.2 Å². The van der Waals surface area contributed by atoms with Crippen molar-refractivity contribution < 1.29 is 40.3 Å². The van der Waals surface area contributed by atoms with E-state index in [0.717, 1.165) is 29.1 Å². The lowest BCUT2D eigenvalue weighted by Crippen LogP contribution is -2.73. The van der Waals surface area contributed by atoms with Gasteiger partial charge in [-0.05, 0) is 37.1 Å². The predicted molar refractivity (Wildman–Crippen MR) is 126 cm³/mol. The van der Waals surface area contributed by atoms with Crippen LogP contribution in [0.2, 0.25) is 0 Å². The summed E-state index contributed by atoms with van der Waals surface area (Å²) in [6.07, 6.45) is -12.3. The number of halogens is 7. The van der Waals surface area contributed by atoms with Crippen molar-refractivity contribution in [1.82, 2.24) is 15.2 Å². The number of rotatable bonds is 4. The van der Waals surface area contributed by atoms with Crippen molar-refractivity contribution in [3.63, 3.8) is 0 Å². The summed E-state index contributed by atoms with van der Waals surface area (Å²) in [4.78, 5) is 36.0. The highest BCUT2D eigenvalue weighted by Gasteiger charge is 2.79. The highest BCUT2D eigenvalue weighted by molar-refractivity contribution is 6.23. The van der Waals surface area contributed by atoms with Crippen molar-refractivity contribution in [3.05, 3.63) is 71.2 Å². The molecule has 5 rings (SSSR count). The second-order valence-electron chi connectivity index (χ2n) is 9.08. The van der Waals surface area contributed by atoms with Crippen molar-refractivity contribution in [3.8, 4) is 0 Å². The standard InChI is InChI=1S/C25H18F7N5O2/c1-12-15(16-7-2-3-8-17(16)33-12)9-10-37-20-18(21(38)35-22(37)39)23(24(27,28)29,25(30,31)32)36-19(34-20)13-5-4-6-14(26)11-13/h2-8,11,18,33H,9-10H2,1H3,(H,35,38,39). The second kappa shape index (κ2) is 8.92. The zero-order chi connectivity index (χ0) is 28.3. The van der Waals surface area contributed by atoms with E-state index in [1.54, 1.807) is 36.5 Å². The molecule has 1 aromatic heterocycles. The summed E-state index contributed by atoms with van der Waals surface area (Å²) in [5.74, 6) is -8.07. The molecule has 7 nitrogen and oxygen atoms in total. The minimum Gasteiger partial charge on any atom is -0.358 e. The largest absolute Gasteiger partial charge is 0.423 e. The maximum atomic E-state index is 14.4. The molecule has 1 atom stereocenters. The van der Waals surface area contributed by atoms with Gasteiger partial charge in [0.25, 0.3) is 5.54 Å². The third kappa shape index (κ3) is 4.14. The number of urea groups is 1. The van der Waals surface area contributed by atoms with Crippen LogP contribution in [0.3, 0.4) is 0 Å². The number of H-pyrrole nitrogens is 1. The number of aromatic amines is 1. The van der Waals surface area contributed by atoms with E-state index in [-0.39, 0.29) is 6.42 Å². The number of para-hydroxylation sites is 1. The molecule has 1 fully saturated rings. The number of hydrogen-bond donors (Lipinski definition) is 2. The molecule has 2 N–H and O–H groups in total. The number of aryl methyl sites for hydroxylation is 1. The Labute approximate surface area is 215 Å². The van der Waals surface area contributed by atoms with E-state index in [4.69, 9.17) is 0 Å². The number of amidine groups is 2. The molecule has 2 aromatic carbocycles. The summed E-state index contributed by atoms with van der Waals surface area (Å²) in [6, 6.07) is 9.48. The molecule has 1 unspecified atom stereocenters. The van der Waals surface area contributed by atoms with E-state index in [9.17, 15) is 40.3 Å². The molecule has 0 radical (unpaired) electrons. The topological polar surface area (TPSA) is 89.9 Å². The molecular formula is C25H18F7N5O2. The molecule has 0 aliphatic carbocycles. The van der Waals surface area contributed by atoms with Gasteiger partial charge < -0.3 is 4.98 Å². The van der Waals surface area contributed by atoms with Crippen molar-refractivity contribution in [2.75, 3.05) is 6.54 Å². The second-order valence-corrected chi connectivity index (χ2v) is 9.08. The first-order valence-corrected chi connectivity index (χ1v) is 11.5. The Balaban J connectivity index is 1.67. The number of carbonyl (C=O) groups is 2. The van der Waals surface area contributed by atoms with Crippen molar-refractivity contribution in [1.29, 1.82) is 0 Å². The number of nitrogens with one attached hydrogen (secondary N) is 2. The van der Waals surface area contributed by atoms with E-state index < -0.39 is 65.3 Å². The summed E-state index contributed by atoms with van der Waals surface area (Å²) in [7, 11) is 0. The fourth-order valence-electron chi connectivity index (χ4n) is 4.96. The highest BCUT2D eigenvalue weighted by atomic mass is 19.4. The predicted octanol–water partition coefficient (Wildman–Crippen LogP) is 5.05. The third-order valence-corrected chi connectivity index (χ3v) is 6.75. The first-order chi connectivity index (χ1) is 18.2. The maximum Gasteiger partial charge on any atom is 0.423 e. The first-order valence-electron chi connectivity index (χ1n) is 11.5. The van der Waals surface area contributed by atoms with Gasteiger partial charge in [-0.3, -0.25) is 15.0 Å². The number of amides is 3. The monoisotopic (exact) mass is 553 g/mol. The SMILES string of the molecule is Cc1[nH]c2ccccc2c1CCN1C(=O)NC(=O)C2C1=NC(c1cccc(F)c1)=NC2(C(F)(F)F)C(F)(F)F. The quantitative estimate of drug-likeness (QED) is 0.443. The zero-order valence-corrected chi connectivity index (χ0v) is 19.9. The Morgan fingerprint density at radius 2 is 1.69 bits per heavy atom. The molecular weight excluding hydrogens is 535 g/mol. The Hall–Kier alpha value is -4.23. The summed E-state index contributed by atoms with van der Waals surface area (Å²) < 4.78 is 100. The van der Waals surface area contributed by atoms with Gasteiger partial charge >= 0.3 is 18.4 Å². The number of aromatic nitrogens is 1. The van der Waals surface area contributed by atoms with Gasteiger partial charge in [0.1, 0.15) is 17.6 Å². The molecule has 3 aromatic rings. The van der Waals surface area contributed by atoms with Gasteiger partial charge in [0, 0.05) is 28.7 Å². The average Bonchev–Trinajstić information content (AvgIpc) is 3.16. The maximum absolute atomic E-state index is 14.4. The normalized spacial score (nSPS) is 19.5. The summed E-state index contributed by atoms with van der Waals surface area (Å²) in [5, 5.41) is 2.35. The number of hydrogen-bond acceptors (Lipinski definition) is 4. The Morgan fingerprint density at radius 1 is 1.00 bits per heavy atom. The number of aliphatic imine (C=N–C) groups is 2. The van der Waals surface area contributed by atoms with Gasteiger partial charge in [0.15, 0.2) is 5.84 Å². The number of alkyl halides is 6. The van der Waals surface area contributed by atoms with Crippen LogP contribution in [0, 0.1) is 18.7 Å². The van der Waals surface area contributed by atoms with Crippen molar-refractivity contribution >= 4 is 34.5 Å². The molecule has 2 aliphatic rings. The van der Waals surface area contributed by atoms with Gasteiger partial charge in [0.2, 0.25) is 5.91 Å². The highest BCUT2D eigenvalue weighted by Crippen LogP contribution is 2.53. The lowest BCUT2D eigenvalue weighted by Gasteiger charge is -2.45. The van der Waals surface area contributed by atoms with E-state index in [1.165, 1.54) is 0 Å². The van der Waals surface area contributed by atoms with E-state index >= 15 is 0 Å². The lowest BCUT2D eigenvalue weighted by molar-refractivity contribution is -0.302. The van der Waals surface area contributed by atoms with E-state index in [2.05, 4.69) is 15.0 Å². The number of fused-ring (bicyclic) bond motifs is 2. The number of carbonyl (C=O) groups excluding carboxylic acids is 2. The molecule has 2 aliphatic heterocycles. The van der Waals surface area contributed by atoms with Crippen LogP contribution >= 0.6 is 0 Å². The third-order valence-electron chi connectivity index (χ3n) is 6.75. The molecule has 3 amide bonds. The van der Waals surface area contributed by atoms with E-state index in [1.807, 2.05) is 0 Å². The fourth-order valence-corrected chi connectivity index (χ4v) is 4.96. The molecule has 0 saturated carbocycles. The summed E-state index contributed by atoms with van der Waals surface area (Å²) in [6.45, 7) is 1.31. The number of imide groups is 1. The fraction of sp³-hybridized carbons (Fsp3) is 0.280. The molecule has 3 heterocycles. The Bertz CT molecular complexity index is 1540. The van der Waals surface area contributed by atoms with Gasteiger partial charge in [-0.15, -0.1) is 0 Å². The van der Waals surface area contributed by atoms with Crippen LogP contribution < -0.4 is 5.32 Å². The van der Waals surface area contributed by atoms with Crippen LogP contribution in [0.15, 0.2) is 58.5 Å². The summed E-state index contributed by atoms with van der Waals surface area (Å²) >= 11 is 0. The van der Waals surface area contributed by atoms with E-state index in [0.29, 0.717) is 22.2 Å². The zero-order valence-electron chi connectivity index (χ0n) is 19.9. The van der Waals surface area contributed by atoms with Crippen LogP contribution in [-0.2, 0) is 11.2 Å². The van der Waals surface area contributed by atoms with Crippen LogP contribution in [0.4, 0.5) is 35.5 Å². The van der Waals surface area contributed by atoms with Crippen molar-refractivity contribution in [2.24, 2.45) is 15.9 Å². The molecule has 14 heteroatoms. The smallest absolute Gasteiger partial charge is 0.358 e. The Morgan fingerprint density at radius 3 is 2.36 bits per heavy atom. The number of nitrogens with zero attached hydrogens (tertiary/aromatic N) is 3. The van der Waals surface area contributed by atoms with Crippen LogP contribution in [0.1, 0.15) is 16.8 Å². The van der Waals surface area contributed by atoms with Gasteiger partial charge in [-0.25, -0.2) is 19.2 Å². The first kappa shape index (κ1) is 26.4. The average molecular weight is 553 g/mol. The van der Waals surface area contributed by atoms with Crippen LogP contribution in [0.25, 0.3) is 10.9 Å². The minimum absolute atomic E-state index is 0.000669. The van der Waals surface area contributed by atoms with Gasteiger partial charge in [-0.1, -0.05) is 30.3 Å².